The van der Waals surface area contributed by atoms with Gasteiger partial charge in [0.1, 0.15) is 40.3 Å². The SMILES string of the molecule is COc1ccc(-c2coc3c4c(cc(O)c3c2=O)OC(=O)C[C@H]4c2cccnc2N2CCCCC2)cc1. The second kappa shape index (κ2) is 9.28. The number of benzene rings is 2. The summed E-state index contributed by atoms with van der Waals surface area (Å²) in [6, 6.07) is 12.2. The van der Waals surface area contributed by atoms with Gasteiger partial charge in [-0.05, 0) is 43.0 Å². The van der Waals surface area contributed by atoms with E-state index in [0.717, 1.165) is 37.3 Å². The molecule has 0 saturated carbocycles. The minimum absolute atomic E-state index is 0.0541. The summed E-state index contributed by atoms with van der Waals surface area (Å²) in [5.41, 5.74) is 2.22. The molecule has 1 N–H and O–H groups in total. The molecule has 1 saturated heterocycles. The van der Waals surface area contributed by atoms with E-state index in [2.05, 4.69) is 9.88 Å². The highest BCUT2D eigenvalue weighted by Crippen LogP contribution is 2.47. The molecule has 4 aromatic rings. The number of ether oxygens (including phenoxy) is 2. The summed E-state index contributed by atoms with van der Waals surface area (Å²) in [4.78, 5) is 33.2. The predicted molar refractivity (Wildman–Crippen MR) is 139 cm³/mol. The summed E-state index contributed by atoms with van der Waals surface area (Å²) in [5.74, 6) is 0.526. The summed E-state index contributed by atoms with van der Waals surface area (Å²) >= 11 is 0. The molecule has 188 valence electrons. The number of nitrogens with zero attached hydrogens (tertiary/aromatic N) is 2. The number of hydrogen-bond acceptors (Lipinski definition) is 8. The Morgan fingerprint density at radius 3 is 2.62 bits per heavy atom. The van der Waals surface area contributed by atoms with E-state index in [4.69, 9.17) is 13.9 Å². The van der Waals surface area contributed by atoms with E-state index in [1.54, 1.807) is 37.6 Å². The number of esters is 1. The number of hydrogen-bond donors (Lipinski definition) is 1. The molecule has 0 amide bonds. The largest absolute Gasteiger partial charge is 0.507 e. The molecule has 0 bridgehead atoms. The minimum atomic E-state index is -0.444. The first-order valence-electron chi connectivity index (χ1n) is 12.4. The number of carbonyl (C=O) groups excluding carboxylic acids is 1. The average molecular weight is 499 g/mol. The number of methoxy groups -OCH3 is 1. The van der Waals surface area contributed by atoms with Crippen LogP contribution in [0.1, 0.15) is 42.7 Å². The number of pyridine rings is 1. The number of carbonyl (C=O) groups is 1. The van der Waals surface area contributed by atoms with E-state index in [0.29, 0.717) is 22.4 Å². The standard InChI is InChI=1S/C29H26N2O6/c1-35-18-9-7-17(8-10-18)21-16-36-28-25-20(14-24(33)37-23(25)15-22(32)26(28)27(21)34)19-6-5-11-30-29(19)31-12-3-2-4-13-31/h5-11,15-16,20,32H,2-4,12-14H2,1H3/t20-/m0/s1. The van der Waals surface area contributed by atoms with Crippen LogP contribution in [0.25, 0.3) is 22.1 Å². The number of anilines is 1. The van der Waals surface area contributed by atoms with Crippen molar-refractivity contribution in [2.75, 3.05) is 25.1 Å². The number of phenols is 1. The highest BCUT2D eigenvalue weighted by Gasteiger charge is 2.36. The van der Waals surface area contributed by atoms with E-state index in [-0.39, 0.29) is 34.3 Å². The second-order valence-electron chi connectivity index (χ2n) is 9.41. The van der Waals surface area contributed by atoms with Crippen molar-refractivity contribution in [2.45, 2.75) is 31.6 Å². The van der Waals surface area contributed by atoms with Gasteiger partial charge in [0.25, 0.3) is 0 Å². The summed E-state index contributed by atoms with van der Waals surface area (Å²) < 4.78 is 16.8. The Balaban J connectivity index is 1.54. The van der Waals surface area contributed by atoms with Crippen molar-refractivity contribution >= 4 is 22.8 Å². The zero-order valence-electron chi connectivity index (χ0n) is 20.4. The van der Waals surface area contributed by atoms with Crippen molar-refractivity contribution in [1.82, 2.24) is 4.98 Å². The average Bonchev–Trinajstić information content (AvgIpc) is 2.93. The normalized spacial score (nSPS) is 17.4. The molecule has 37 heavy (non-hydrogen) atoms. The number of aromatic hydroxyl groups is 1. The van der Waals surface area contributed by atoms with E-state index in [9.17, 15) is 14.7 Å². The van der Waals surface area contributed by atoms with Gasteiger partial charge in [-0.3, -0.25) is 9.59 Å². The first kappa shape index (κ1) is 23.1. The first-order valence-corrected chi connectivity index (χ1v) is 12.4. The number of phenolic OH excluding ortho intramolecular Hbond substituents is 1. The van der Waals surface area contributed by atoms with Gasteiger partial charge in [-0.1, -0.05) is 18.2 Å². The molecule has 1 atom stereocenters. The van der Waals surface area contributed by atoms with E-state index >= 15 is 0 Å². The Bertz CT molecular complexity index is 1550. The zero-order valence-corrected chi connectivity index (χ0v) is 20.4. The van der Waals surface area contributed by atoms with Gasteiger partial charge in [-0.25, -0.2) is 4.98 Å². The van der Waals surface area contributed by atoms with Gasteiger partial charge >= 0.3 is 5.97 Å². The second-order valence-corrected chi connectivity index (χ2v) is 9.41. The third-order valence-electron chi connectivity index (χ3n) is 7.22. The van der Waals surface area contributed by atoms with Gasteiger partial charge in [-0.2, -0.15) is 0 Å². The number of aromatic nitrogens is 1. The van der Waals surface area contributed by atoms with Crippen LogP contribution in [0, 0.1) is 0 Å². The van der Waals surface area contributed by atoms with Crippen LogP contribution in [-0.4, -0.2) is 36.3 Å². The smallest absolute Gasteiger partial charge is 0.312 e. The molecule has 2 aliphatic rings. The van der Waals surface area contributed by atoms with Gasteiger partial charge in [0.2, 0.25) is 5.43 Å². The van der Waals surface area contributed by atoms with Crippen LogP contribution < -0.4 is 19.8 Å². The van der Waals surface area contributed by atoms with Gasteiger partial charge in [0.15, 0.2) is 0 Å². The molecule has 1 fully saturated rings. The fourth-order valence-corrected chi connectivity index (χ4v) is 5.42. The summed E-state index contributed by atoms with van der Waals surface area (Å²) in [5, 5.41) is 10.9. The fourth-order valence-electron chi connectivity index (χ4n) is 5.42. The van der Waals surface area contributed by atoms with Crippen LogP contribution in [0.3, 0.4) is 0 Å². The Labute approximate surface area is 213 Å². The van der Waals surface area contributed by atoms with Crippen molar-refractivity contribution < 1.29 is 23.8 Å². The van der Waals surface area contributed by atoms with Gasteiger partial charge < -0.3 is 23.9 Å². The van der Waals surface area contributed by atoms with Gasteiger partial charge in [0, 0.05) is 42.4 Å². The quantitative estimate of drug-likeness (QED) is 0.310. The maximum Gasteiger partial charge on any atom is 0.312 e. The molecule has 0 radical (unpaired) electrons. The maximum atomic E-state index is 13.6. The lowest BCUT2D eigenvalue weighted by Gasteiger charge is -2.32. The molecule has 8 heteroatoms. The van der Waals surface area contributed by atoms with Crippen LogP contribution in [0.5, 0.6) is 17.2 Å². The van der Waals surface area contributed by atoms with Crippen molar-refractivity contribution in [3.05, 3.63) is 76.3 Å². The fraction of sp³-hybridized carbons (Fsp3) is 0.276. The minimum Gasteiger partial charge on any atom is -0.507 e. The van der Waals surface area contributed by atoms with Crippen LogP contribution in [-0.2, 0) is 4.79 Å². The highest BCUT2D eigenvalue weighted by molar-refractivity contribution is 5.94. The summed E-state index contributed by atoms with van der Waals surface area (Å²) in [7, 11) is 1.57. The molecule has 0 spiro atoms. The first-order chi connectivity index (χ1) is 18.0. The molecule has 6 rings (SSSR count). The van der Waals surface area contributed by atoms with Crippen LogP contribution in [0.15, 0.2) is 64.1 Å². The van der Waals surface area contributed by atoms with Crippen molar-refractivity contribution in [3.63, 3.8) is 0 Å². The molecule has 4 heterocycles. The molecule has 2 aliphatic heterocycles. The lowest BCUT2D eigenvalue weighted by atomic mass is 9.84. The Morgan fingerprint density at radius 2 is 1.86 bits per heavy atom. The monoisotopic (exact) mass is 498 g/mol. The van der Waals surface area contributed by atoms with Gasteiger partial charge in [0.05, 0.1) is 19.1 Å². The van der Waals surface area contributed by atoms with Crippen molar-refractivity contribution in [1.29, 1.82) is 0 Å². The third-order valence-corrected chi connectivity index (χ3v) is 7.22. The van der Waals surface area contributed by atoms with Crippen LogP contribution >= 0.6 is 0 Å². The molecule has 0 unspecified atom stereocenters. The third kappa shape index (κ3) is 3.98. The number of rotatable bonds is 4. The molecule has 2 aromatic carbocycles. The zero-order chi connectivity index (χ0) is 25.5. The number of fused-ring (bicyclic) bond motifs is 3. The van der Waals surface area contributed by atoms with Crippen molar-refractivity contribution in [3.8, 4) is 28.4 Å². The lowest BCUT2D eigenvalue weighted by Crippen LogP contribution is -2.32. The number of piperidine rings is 1. The molecular weight excluding hydrogens is 472 g/mol. The molecule has 8 nitrogen and oxygen atoms in total. The molecular formula is C29H26N2O6. The summed E-state index contributed by atoms with van der Waals surface area (Å²) in [6.45, 7) is 1.79. The van der Waals surface area contributed by atoms with Crippen LogP contribution in [0.2, 0.25) is 0 Å². The summed E-state index contributed by atoms with van der Waals surface area (Å²) in [6.07, 6.45) is 6.57. The Morgan fingerprint density at radius 1 is 1.08 bits per heavy atom. The van der Waals surface area contributed by atoms with Crippen molar-refractivity contribution in [2.24, 2.45) is 0 Å². The lowest BCUT2D eigenvalue weighted by molar-refractivity contribution is -0.135. The van der Waals surface area contributed by atoms with E-state index < -0.39 is 11.9 Å². The highest BCUT2D eigenvalue weighted by atomic mass is 16.5. The Kier molecular flexibility index (Phi) is 5.79. The topological polar surface area (TPSA) is 102 Å². The maximum absolute atomic E-state index is 13.6. The predicted octanol–water partition coefficient (Wildman–Crippen LogP) is 5.00. The van der Waals surface area contributed by atoms with E-state index in [1.165, 1.54) is 18.8 Å². The Hall–Kier alpha value is -4.33. The molecule has 0 aliphatic carbocycles. The van der Waals surface area contributed by atoms with Gasteiger partial charge in [-0.15, -0.1) is 0 Å². The van der Waals surface area contributed by atoms with E-state index in [1.807, 2.05) is 12.1 Å². The van der Waals surface area contributed by atoms with Crippen LogP contribution in [0.4, 0.5) is 5.82 Å². The molecule has 2 aromatic heterocycles.